The van der Waals surface area contributed by atoms with Crippen LogP contribution in [0.5, 0.6) is 11.5 Å². The molecule has 0 bridgehead atoms. The average molecular weight is 482 g/mol. The number of rotatable bonds is 4. The van der Waals surface area contributed by atoms with Crippen LogP contribution in [-0.4, -0.2) is 12.7 Å². The maximum absolute atomic E-state index is 12.1. The molecule has 1 aliphatic rings. The van der Waals surface area contributed by atoms with Gasteiger partial charge in [-0.3, -0.25) is 9.93 Å². The Morgan fingerprint density at radius 2 is 1.62 bits per heavy atom. The first-order chi connectivity index (χ1) is 14.0. The van der Waals surface area contributed by atoms with Crippen molar-refractivity contribution in [2.75, 3.05) is 12.1 Å². The molecule has 158 valence electrons. The zero-order chi connectivity index (χ0) is 22.0. The van der Waals surface area contributed by atoms with Crippen molar-refractivity contribution in [2.24, 2.45) is 10.9 Å². The molecular formula is C21H28BrN3O3S. The van der Waals surface area contributed by atoms with Crippen molar-refractivity contribution in [1.29, 1.82) is 0 Å². The van der Waals surface area contributed by atoms with E-state index in [9.17, 15) is 4.79 Å². The number of hydrogen-bond acceptors (Lipinski definition) is 6. The van der Waals surface area contributed by atoms with Gasteiger partial charge in [-0.2, -0.15) is 0 Å². The van der Waals surface area contributed by atoms with Crippen molar-refractivity contribution < 1.29 is 14.3 Å². The van der Waals surface area contributed by atoms with Crippen LogP contribution in [0.3, 0.4) is 0 Å². The molecule has 0 spiro atoms. The first kappa shape index (κ1) is 24.9. The SMILES string of the molecule is C/C(N)=C(/SN)C(=O)Nc1ccc(-c2cc3c(cc2Br)OCO3)cc1.CC.CC. The number of fused-ring (bicyclic) bond motifs is 1. The van der Waals surface area contributed by atoms with E-state index < -0.39 is 0 Å². The summed E-state index contributed by atoms with van der Waals surface area (Å²) in [6, 6.07) is 11.2. The Hall–Kier alpha value is -2.16. The highest BCUT2D eigenvalue weighted by Gasteiger charge is 2.17. The van der Waals surface area contributed by atoms with Crippen LogP contribution in [0, 0.1) is 0 Å². The molecule has 0 saturated carbocycles. The van der Waals surface area contributed by atoms with Gasteiger partial charge in [-0.1, -0.05) is 55.8 Å². The number of halogens is 1. The molecule has 0 atom stereocenters. The van der Waals surface area contributed by atoms with Crippen LogP contribution in [0.4, 0.5) is 5.69 Å². The van der Waals surface area contributed by atoms with E-state index in [0.29, 0.717) is 22.0 Å². The monoisotopic (exact) mass is 481 g/mol. The molecular weight excluding hydrogens is 454 g/mol. The van der Waals surface area contributed by atoms with Crippen LogP contribution >= 0.6 is 27.9 Å². The fourth-order valence-corrected chi connectivity index (χ4v) is 3.28. The average Bonchev–Trinajstić information content (AvgIpc) is 3.18. The van der Waals surface area contributed by atoms with E-state index in [1.54, 1.807) is 6.92 Å². The summed E-state index contributed by atoms with van der Waals surface area (Å²) in [4.78, 5) is 12.4. The number of nitrogens with one attached hydrogen (secondary N) is 1. The van der Waals surface area contributed by atoms with Gasteiger partial charge >= 0.3 is 0 Å². The van der Waals surface area contributed by atoms with Gasteiger partial charge < -0.3 is 20.5 Å². The van der Waals surface area contributed by atoms with E-state index in [4.69, 9.17) is 20.3 Å². The zero-order valence-corrected chi connectivity index (χ0v) is 19.7. The number of nitrogens with two attached hydrogens (primary N) is 2. The first-order valence-corrected chi connectivity index (χ1v) is 11.0. The number of ether oxygens (including phenoxy) is 2. The minimum absolute atomic E-state index is 0.228. The molecule has 0 radical (unpaired) electrons. The Morgan fingerprint density at radius 3 is 2.14 bits per heavy atom. The topological polar surface area (TPSA) is 99.6 Å². The molecule has 2 aromatic rings. The maximum atomic E-state index is 12.1. The largest absolute Gasteiger partial charge is 0.454 e. The van der Waals surface area contributed by atoms with E-state index in [1.165, 1.54) is 0 Å². The summed E-state index contributed by atoms with van der Waals surface area (Å²) in [5, 5.41) is 8.26. The van der Waals surface area contributed by atoms with Crippen molar-refractivity contribution in [3.63, 3.8) is 0 Å². The molecule has 1 aliphatic heterocycles. The number of carbonyl (C=O) groups is 1. The second-order valence-corrected chi connectivity index (χ2v) is 6.85. The number of hydrogen-bond donors (Lipinski definition) is 3. The van der Waals surface area contributed by atoms with E-state index in [2.05, 4.69) is 21.2 Å². The molecule has 0 fully saturated rings. The fourth-order valence-electron chi connectivity index (χ4n) is 2.38. The third-order valence-electron chi connectivity index (χ3n) is 3.60. The highest BCUT2D eigenvalue weighted by molar-refractivity contribution is 9.10. The van der Waals surface area contributed by atoms with Gasteiger partial charge in [-0.15, -0.1) is 0 Å². The standard InChI is InChI=1S/C17H16BrN3O3S.2C2H6/c1-9(19)16(25-20)17(22)21-11-4-2-10(3-5-11)12-6-14-15(7-13(12)18)24-8-23-14;2*1-2/h2-7H,8,19-20H2,1H3,(H,21,22);2*1-2H3/b16-9-;;. The van der Waals surface area contributed by atoms with Crippen molar-refractivity contribution in [3.05, 3.63) is 51.5 Å². The number of amides is 1. The molecule has 0 unspecified atom stereocenters. The number of allylic oxidation sites excluding steroid dienone is 1. The Kier molecular flexibility index (Phi) is 10.6. The predicted octanol–water partition coefficient (Wildman–Crippen LogP) is 5.63. The van der Waals surface area contributed by atoms with Crippen LogP contribution in [0.2, 0.25) is 0 Å². The fraction of sp³-hybridized carbons (Fsp3) is 0.286. The van der Waals surface area contributed by atoms with E-state index in [0.717, 1.165) is 33.3 Å². The van der Waals surface area contributed by atoms with Crippen LogP contribution in [0.15, 0.2) is 51.5 Å². The second kappa shape index (κ2) is 12.4. The summed E-state index contributed by atoms with van der Waals surface area (Å²) in [5.74, 6) is 1.10. The molecule has 1 amide bonds. The molecule has 29 heavy (non-hydrogen) atoms. The second-order valence-electron chi connectivity index (χ2n) is 5.35. The van der Waals surface area contributed by atoms with E-state index in [-0.39, 0.29) is 12.7 Å². The van der Waals surface area contributed by atoms with E-state index in [1.807, 2.05) is 64.1 Å². The summed E-state index contributed by atoms with van der Waals surface area (Å²) >= 11 is 4.38. The quantitative estimate of drug-likeness (QED) is 0.386. The third kappa shape index (κ3) is 6.42. The molecule has 5 N–H and O–H groups in total. The molecule has 8 heteroatoms. The Bertz CT molecular complexity index is 851. The van der Waals surface area contributed by atoms with Gasteiger partial charge in [0, 0.05) is 15.9 Å². The van der Waals surface area contributed by atoms with Gasteiger partial charge in [-0.25, -0.2) is 0 Å². The Labute approximate surface area is 185 Å². The van der Waals surface area contributed by atoms with Gasteiger partial charge in [0.2, 0.25) is 6.79 Å². The summed E-state index contributed by atoms with van der Waals surface area (Å²) in [5.41, 5.74) is 8.63. The minimum atomic E-state index is -0.329. The molecule has 1 heterocycles. The highest BCUT2D eigenvalue weighted by atomic mass is 79.9. The lowest BCUT2D eigenvalue weighted by atomic mass is 10.0. The third-order valence-corrected chi connectivity index (χ3v) is 5.00. The zero-order valence-electron chi connectivity index (χ0n) is 17.3. The van der Waals surface area contributed by atoms with Gasteiger partial charge in [-0.05, 0) is 54.3 Å². The Balaban J connectivity index is 0.000000989. The van der Waals surface area contributed by atoms with Crippen molar-refractivity contribution in [1.82, 2.24) is 0 Å². The summed E-state index contributed by atoms with van der Waals surface area (Å²) in [6.45, 7) is 9.86. The molecule has 2 aromatic carbocycles. The molecule has 0 aromatic heterocycles. The van der Waals surface area contributed by atoms with Crippen LogP contribution in [-0.2, 0) is 4.79 Å². The van der Waals surface area contributed by atoms with Gasteiger partial charge in [0.25, 0.3) is 5.91 Å². The smallest absolute Gasteiger partial charge is 0.265 e. The molecule has 0 saturated heterocycles. The van der Waals surface area contributed by atoms with Crippen LogP contribution in [0.25, 0.3) is 11.1 Å². The van der Waals surface area contributed by atoms with Crippen molar-refractivity contribution in [2.45, 2.75) is 34.6 Å². The predicted molar refractivity (Wildman–Crippen MR) is 126 cm³/mol. The van der Waals surface area contributed by atoms with Crippen molar-refractivity contribution in [3.8, 4) is 22.6 Å². The van der Waals surface area contributed by atoms with Gasteiger partial charge in [0.1, 0.15) is 4.91 Å². The normalized spacial score (nSPS) is 12.0. The highest BCUT2D eigenvalue weighted by Crippen LogP contribution is 2.41. The molecule has 3 rings (SSSR count). The molecule has 0 aliphatic carbocycles. The lowest BCUT2D eigenvalue weighted by Crippen LogP contribution is -2.17. The number of carbonyl (C=O) groups excluding carboxylic acids is 1. The lowest BCUT2D eigenvalue weighted by molar-refractivity contribution is -0.112. The summed E-state index contributed by atoms with van der Waals surface area (Å²) in [7, 11) is 0. The first-order valence-electron chi connectivity index (χ1n) is 9.33. The van der Waals surface area contributed by atoms with E-state index >= 15 is 0 Å². The Morgan fingerprint density at radius 1 is 1.07 bits per heavy atom. The maximum Gasteiger partial charge on any atom is 0.265 e. The van der Waals surface area contributed by atoms with Gasteiger partial charge in [0.15, 0.2) is 11.5 Å². The van der Waals surface area contributed by atoms with Crippen molar-refractivity contribution >= 4 is 39.5 Å². The number of benzene rings is 2. The summed E-state index contributed by atoms with van der Waals surface area (Å²) in [6.07, 6.45) is 0. The summed E-state index contributed by atoms with van der Waals surface area (Å²) < 4.78 is 11.7. The minimum Gasteiger partial charge on any atom is -0.454 e. The number of anilines is 1. The lowest BCUT2D eigenvalue weighted by Gasteiger charge is -2.10. The molecule has 6 nitrogen and oxygen atoms in total. The van der Waals surface area contributed by atoms with Crippen LogP contribution in [0.1, 0.15) is 34.6 Å². The van der Waals surface area contributed by atoms with Gasteiger partial charge in [0.05, 0.1) is 0 Å². The van der Waals surface area contributed by atoms with Crippen LogP contribution < -0.4 is 25.7 Å².